The largest absolute Gasteiger partial charge is 0.455 e. The Morgan fingerprint density at radius 3 is 2.27 bits per heavy atom. The Hall–Kier alpha value is -3.17. The summed E-state index contributed by atoms with van der Waals surface area (Å²) in [5.74, 6) is 2.66. The van der Waals surface area contributed by atoms with Crippen LogP contribution in [0.5, 0.6) is 11.5 Å². The summed E-state index contributed by atoms with van der Waals surface area (Å²) >= 11 is 0. The zero-order valence-electron chi connectivity index (χ0n) is 26.0. The van der Waals surface area contributed by atoms with Crippen molar-refractivity contribution in [2.75, 3.05) is 0 Å². The third-order valence-corrected chi connectivity index (χ3v) is 10.6. The van der Waals surface area contributed by atoms with Gasteiger partial charge in [-0.15, -0.1) is 0 Å². The molecule has 0 radical (unpaired) electrons. The summed E-state index contributed by atoms with van der Waals surface area (Å²) in [5, 5.41) is 9.27. The minimum atomic E-state index is -1.44. The van der Waals surface area contributed by atoms with Crippen molar-refractivity contribution in [1.29, 1.82) is 0 Å². The Labute approximate surface area is 241 Å². The van der Waals surface area contributed by atoms with Crippen molar-refractivity contribution in [3.63, 3.8) is 0 Å². The number of pyridine rings is 1. The van der Waals surface area contributed by atoms with Gasteiger partial charge in [0.1, 0.15) is 18.5 Å². The molecule has 4 aromatic carbocycles. The van der Waals surface area contributed by atoms with Crippen LogP contribution >= 0.6 is 0 Å². The fraction of sp³-hybridized carbons (Fsp3) is 0.378. The number of ether oxygens (including phenoxy) is 1. The molecule has 0 spiro atoms. The standard InChI is InChI=1S/C37H44NOSi/c1-22(2)17-24-11-13-28-30(18-24)23(3)33-35-34-29(15-16-38(35)7)27-14-12-26(40(8,9)10)19-25(27)20-32(34)39-36(33)31(28)21-37(4,5)6/h11-16,18-20,22H,17,21H2,1-10H3/q+1. The van der Waals surface area contributed by atoms with Crippen molar-refractivity contribution in [1.82, 2.24) is 0 Å². The average Bonchev–Trinajstić information content (AvgIpc) is 2.85. The van der Waals surface area contributed by atoms with Crippen molar-refractivity contribution >= 4 is 45.6 Å². The van der Waals surface area contributed by atoms with Crippen LogP contribution < -0.4 is 14.5 Å². The van der Waals surface area contributed by atoms with E-state index in [1.807, 2.05) is 0 Å². The fourth-order valence-corrected chi connectivity index (χ4v) is 7.84. The molecule has 1 aromatic heterocycles. The van der Waals surface area contributed by atoms with Gasteiger partial charge in [-0.25, -0.2) is 4.57 Å². The molecule has 0 fully saturated rings. The van der Waals surface area contributed by atoms with E-state index < -0.39 is 8.07 Å². The van der Waals surface area contributed by atoms with Crippen molar-refractivity contribution in [2.45, 2.75) is 74.0 Å². The summed E-state index contributed by atoms with van der Waals surface area (Å²) in [6.45, 7) is 21.2. The van der Waals surface area contributed by atoms with Crippen molar-refractivity contribution in [3.05, 3.63) is 71.4 Å². The maximum atomic E-state index is 7.10. The van der Waals surface area contributed by atoms with Gasteiger partial charge in [0, 0.05) is 17.0 Å². The Bertz CT molecular complexity index is 1830. The van der Waals surface area contributed by atoms with Crippen LogP contribution in [0, 0.1) is 18.3 Å². The smallest absolute Gasteiger partial charge is 0.228 e. The summed E-state index contributed by atoms with van der Waals surface area (Å²) in [6, 6.07) is 18.9. The van der Waals surface area contributed by atoms with Gasteiger partial charge in [-0.3, -0.25) is 0 Å². The SMILES string of the molecule is Cc1c2c(c(CC(C)(C)C)c3ccc(CC(C)C)cc13)Oc1cc3cc([Si](C)(C)C)ccc3c3cc[n+](C)c-2c13. The Balaban J connectivity index is 1.73. The van der Waals surface area contributed by atoms with Crippen LogP contribution in [0.15, 0.2) is 54.7 Å². The van der Waals surface area contributed by atoms with Gasteiger partial charge in [0.05, 0.1) is 19.0 Å². The van der Waals surface area contributed by atoms with Crippen LogP contribution in [0.2, 0.25) is 19.6 Å². The molecule has 1 aliphatic rings. The van der Waals surface area contributed by atoms with E-state index >= 15 is 0 Å². The molecule has 2 nitrogen and oxygen atoms in total. The summed E-state index contributed by atoms with van der Waals surface area (Å²) < 4.78 is 9.41. The zero-order valence-corrected chi connectivity index (χ0v) is 27.0. The lowest BCUT2D eigenvalue weighted by molar-refractivity contribution is -0.659. The molecule has 0 N–H and O–H groups in total. The second-order valence-corrected chi connectivity index (χ2v) is 19.8. The van der Waals surface area contributed by atoms with Crippen molar-refractivity contribution in [3.8, 4) is 22.8 Å². The zero-order chi connectivity index (χ0) is 28.7. The molecule has 0 saturated carbocycles. The lowest BCUT2D eigenvalue weighted by Gasteiger charge is -2.28. The molecular formula is C37H44NOSi+. The van der Waals surface area contributed by atoms with E-state index in [4.69, 9.17) is 4.74 Å². The Morgan fingerprint density at radius 2 is 1.60 bits per heavy atom. The van der Waals surface area contributed by atoms with Gasteiger partial charge in [0.2, 0.25) is 5.69 Å². The quantitative estimate of drug-likeness (QED) is 0.122. The molecule has 0 aliphatic carbocycles. The van der Waals surface area contributed by atoms with Crippen molar-refractivity contribution in [2.24, 2.45) is 18.4 Å². The highest BCUT2D eigenvalue weighted by molar-refractivity contribution is 6.88. The summed E-state index contributed by atoms with van der Waals surface area (Å²) in [6.07, 6.45) is 4.29. The minimum absolute atomic E-state index is 0.125. The second kappa shape index (κ2) is 9.17. The number of benzene rings is 4. The van der Waals surface area contributed by atoms with Gasteiger partial charge in [-0.05, 0) is 69.8 Å². The van der Waals surface area contributed by atoms with Gasteiger partial charge >= 0.3 is 0 Å². The van der Waals surface area contributed by atoms with Crippen LogP contribution in [0.25, 0.3) is 43.6 Å². The lowest BCUT2D eigenvalue weighted by Crippen LogP contribution is -2.37. The first-order valence-corrected chi connectivity index (χ1v) is 18.4. The number of aromatic nitrogens is 1. The number of nitrogens with zero attached hydrogens (tertiary/aromatic N) is 1. The van der Waals surface area contributed by atoms with E-state index in [1.165, 1.54) is 65.5 Å². The molecule has 40 heavy (non-hydrogen) atoms. The van der Waals surface area contributed by atoms with Gasteiger partial charge in [0.15, 0.2) is 6.20 Å². The minimum Gasteiger partial charge on any atom is -0.455 e. The molecule has 0 amide bonds. The third kappa shape index (κ3) is 4.43. The summed E-state index contributed by atoms with van der Waals surface area (Å²) in [4.78, 5) is 0. The number of rotatable bonds is 4. The van der Waals surface area contributed by atoms with Crippen LogP contribution in [-0.4, -0.2) is 8.07 Å². The van der Waals surface area contributed by atoms with Gasteiger partial charge in [0.25, 0.3) is 0 Å². The number of aryl methyl sites for hydroxylation is 2. The predicted octanol–water partition coefficient (Wildman–Crippen LogP) is 9.38. The molecule has 6 rings (SSSR count). The second-order valence-electron chi connectivity index (χ2n) is 14.7. The molecule has 206 valence electrons. The van der Waals surface area contributed by atoms with Crippen molar-refractivity contribution < 1.29 is 9.30 Å². The van der Waals surface area contributed by atoms with E-state index in [0.717, 1.165) is 24.3 Å². The van der Waals surface area contributed by atoms with Crippen LogP contribution in [-0.2, 0) is 19.9 Å². The molecule has 0 unspecified atom stereocenters. The molecule has 5 aromatic rings. The van der Waals surface area contributed by atoms with E-state index in [1.54, 1.807) is 0 Å². The van der Waals surface area contributed by atoms with Crippen LogP contribution in [0.3, 0.4) is 0 Å². The highest BCUT2D eigenvalue weighted by Gasteiger charge is 2.34. The first-order chi connectivity index (χ1) is 18.7. The molecule has 0 atom stereocenters. The third-order valence-electron chi connectivity index (χ3n) is 8.55. The lowest BCUT2D eigenvalue weighted by atomic mass is 9.81. The Kier molecular flexibility index (Phi) is 6.20. The topological polar surface area (TPSA) is 13.1 Å². The van der Waals surface area contributed by atoms with Gasteiger partial charge in [-0.2, -0.15) is 0 Å². The monoisotopic (exact) mass is 546 g/mol. The maximum absolute atomic E-state index is 7.10. The normalized spacial score (nSPS) is 13.4. The number of hydrogen-bond donors (Lipinski definition) is 0. The molecule has 0 bridgehead atoms. The molecular weight excluding hydrogens is 502 g/mol. The predicted molar refractivity (Wildman–Crippen MR) is 175 cm³/mol. The molecule has 1 aliphatic heterocycles. The maximum Gasteiger partial charge on any atom is 0.228 e. The van der Waals surface area contributed by atoms with E-state index in [9.17, 15) is 0 Å². The molecule has 3 heteroatoms. The first kappa shape index (κ1) is 27.0. The van der Waals surface area contributed by atoms with Gasteiger partial charge in [-0.1, -0.05) is 95.8 Å². The highest BCUT2D eigenvalue weighted by atomic mass is 28.3. The number of fused-ring (bicyclic) bond motifs is 5. The van der Waals surface area contributed by atoms with Crippen LogP contribution in [0.4, 0.5) is 0 Å². The van der Waals surface area contributed by atoms with E-state index in [-0.39, 0.29) is 5.41 Å². The summed E-state index contributed by atoms with van der Waals surface area (Å²) in [7, 11) is 0.746. The van der Waals surface area contributed by atoms with Gasteiger partial charge < -0.3 is 4.74 Å². The highest BCUT2D eigenvalue weighted by Crippen LogP contribution is 2.52. The van der Waals surface area contributed by atoms with E-state index in [0.29, 0.717) is 5.92 Å². The molecule has 2 heterocycles. The first-order valence-electron chi connectivity index (χ1n) is 14.9. The average molecular weight is 547 g/mol. The molecule has 0 saturated heterocycles. The Morgan fingerprint density at radius 1 is 0.875 bits per heavy atom. The number of hydrogen-bond acceptors (Lipinski definition) is 1. The fourth-order valence-electron chi connectivity index (χ4n) is 6.67. The summed E-state index contributed by atoms with van der Waals surface area (Å²) in [5.41, 5.74) is 6.71. The van der Waals surface area contributed by atoms with E-state index in [2.05, 4.69) is 128 Å². The van der Waals surface area contributed by atoms with Crippen LogP contribution in [0.1, 0.15) is 51.3 Å².